The number of likely N-dealkylation sites (tertiary alicyclic amines) is 1. The van der Waals surface area contributed by atoms with Crippen LogP contribution in [0, 0.1) is 25.7 Å². The molecular weight excluding hydrogens is 344 g/mol. The van der Waals surface area contributed by atoms with Crippen molar-refractivity contribution in [1.29, 1.82) is 0 Å². The Kier molecular flexibility index (Phi) is 7.13. The number of nitrogens with one attached hydrogen (secondary N) is 2. The molecule has 1 aliphatic heterocycles. The standard InChI is InChI=1S/C20H34N4O3/c1-14-15(2)27-19(23-14)13-24-9-7-16(8-10-24)11-21-20(26)22-12-17-5-3-4-6-18(17)25/h16-18,25H,3-13H2,1-2H3,(H2,21,22,26). The third kappa shape index (κ3) is 5.94. The van der Waals surface area contributed by atoms with Gasteiger partial charge in [0.05, 0.1) is 18.3 Å². The van der Waals surface area contributed by atoms with Crippen LogP contribution in [0.5, 0.6) is 0 Å². The maximum Gasteiger partial charge on any atom is 0.314 e. The number of oxazole rings is 1. The topological polar surface area (TPSA) is 90.6 Å². The number of amides is 2. The lowest BCUT2D eigenvalue weighted by Gasteiger charge is -2.31. The fraction of sp³-hybridized carbons (Fsp3) is 0.800. The highest BCUT2D eigenvalue weighted by Crippen LogP contribution is 2.23. The summed E-state index contributed by atoms with van der Waals surface area (Å²) in [4.78, 5) is 18.9. The first-order valence-electron chi connectivity index (χ1n) is 10.4. The van der Waals surface area contributed by atoms with Crippen molar-refractivity contribution < 1.29 is 14.3 Å². The predicted octanol–water partition coefficient (Wildman–Crippen LogP) is 2.35. The van der Waals surface area contributed by atoms with Crippen LogP contribution in [-0.2, 0) is 6.54 Å². The summed E-state index contributed by atoms with van der Waals surface area (Å²) in [5, 5.41) is 15.9. The highest BCUT2D eigenvalue weighted by atomic mass is 16.4. The Bertz CT molecular complexity index is 591. The minimum atomic E-state index is -0.264. The zero-order valence-corrected chi connectivity index (χ0v) is 16.7. The van der Waals surface area contributed by atoms with Crippen LogP contribution in [-0.4, -0.2) is 53.3 Å². The third-order valence-electron chi connectivity index (χ3n) is 6.08. The number of carbonyl (C=O) groups is 1. The van der Waals surface area contributed by atoms with Crippen molar-refractivity contribution in [3.8, 4) is 0 Å². The van der Waals surface area contributed by atoms with Gasteiger partial charge in [-0.3, -0.25) is 4.90 Å². The molecule has 1 aromatic heterocycles. The molecule has 7 nitrogen and oxygen atoms in total. The molecule has 3 rings (SSSR count). The predicted molar refractivity (Wildman–Crippen MR) is 103 cm³/mol. The van der Waals surface area contributed by atoms with E-state index < -0.39 is 0 Å². The molecule has 1 aliphatic carbocycles. The van der Waals surface area contributed by atoms with E-state index in [1.807, 2.05) is 13.8 Å². The Morgan fingerprint density at radius 3 is 2.52 bits per heavy atom. The van der Waals surface area contributed by atoms with Crippen molar-refractivity contribution in [3.05, 3.63) is 17.3 Å². The second-order valence-electron chi connectivity index (χ2n) is 8.17. The molecule has 0 aromatic carbocycles. The summed E-state index contributed by atoms with van der Waals surface area (Å²) in [6.07, 6.45) is 5.98. The number of aryl methyl sites for hydroxylation is 2. The molecule has 0 spiro atoms. The fourth-order valence-corrected chi connectivity index (χ4v) is 4.10. The second kappa shape index (κ2) is 9.55. The number of aromatic nitrogens is 1. The first-order chi connectivity index (χ1) is 13.0. The molecule has 2 fully saturated rings. The van der Waals surface area contributed by atoms with Crippen molar-refractivity contribution in [2.24, 2.45) is 11.8 Å². The van der Waals surface area contributed by atoms with Gasteiger partial charge in [-0.2, -0.15) is 0 Å². The maximum absolute atomic E-state index is 12.0. The van der Waals surface area contributed by atoms with Crippen molar-refractivity contribution in [3.63, 3.8) is 0 Å². The molecule has 152 valence electrons. The average Bonchev–Trinajstić information content (AvgIpc) is 2.97. The van der Waals surface area contributed by atoms with Crippen LogP contribution in [0.15, 0.2) is 4.42 Å². The highest BCUT2D eigenvalue weighted by molar-refractivity contribution is 5.73. The van der Waals surface area contributed by atoms with Crippen molar-refractivity contribution in [1.82, 2.24) is 20.5 Å². The van der Waals surface area contributed by atoms with Crippen LogP contribution in [0.3, 0.4) is 0 Å². The molecule has 1 saturated carbocycles. The molecule has 2 amide bonds. The molecule has 2 atom stereocenters. The number of hydrogen-bond acceptors (Lipinski definition) is 5. The number of rotatable bonds is 6. The van der Waals surface area contributed by atoms with Crippen LogP contribution >= 0.6 is 0 Å². The summed E-state index contributed by atoms with van der Waals surface area (Å²) in [5.41, 5.74) is 0.968. The first-order valence-corrected chi connectivity index (χ1v) is 10.4. The third-order valence-corrected chi connectivity index (χ3v) is 6.08. The molecule has 2 aliphatic rings. The lowest BCUT2D eigenvalue weighted by molar-refractivity contribution is 0.0708. The zero-order valence-electron chi connectivity index (χ0n) is 16.7. The van der Waals surface area contributed by atoms with E-state index in [-0.39, 0.29) is 18.1 Å². The van der Waals surface area contributed by atoms with Crippen LogP contribution in [0.4, 0.5) is 4.79 Å². The van der Waals surface area contributed by atoms with E-state index >= 15 is 0 Å². The minimum Gasteiger partial charge on any atom is -0.444 e. The summed E-state index contributed by atoms with van der Waals surface area (Å²) in [7, 11) is 0. The number of piperidine rings is 1. The first kappa shape index (κ1) is 20.1. The van der Waals surface area contributed by atoms with Gasteiger partial charge in [0, 0.05) is 19.0 Å². The number of nitrogens with zero attached hydrogens (tertiary/aromatic N) is 2. The van der Waals surface area contributed by atoms with Gasteiger partial charge in [-0.1, -0.05) is 12.8 Å². The average molecular weight is 379 g/mol. The summed E-state index contributed by atoms with van der Waals surface area (Å²) < 4.78 is 5.67. The van der Waals surface area contributed by atoms with Crippen LogP contribution in [0.2, 0.25) is 0 Å². The SMILES string of the molecule is Cc1nc(CN2CCC(CNC(=O)NCC3CCCCC3O)CC2)oc1C. The molecular formula is C20H34N4O3. The molecule has 3 N–H and O–H groups in total. The minimum absolute atomic E-state index is 0.110. The Labute approximate surface area is 161 Å². The Balaban J connectivity index is 1.30. The lowest BCUT2D eigenvalue weighted by Crippen LogP contribution is -2.44. The van der Waals surface area contributed by atoms with Gasteiger partial charge in [0.1, 0.15) is 5.76 Å². The summed E-state index contributed by atoms with van der Waals surface area (Å²) in [6.45, 7) is 7.97. The lowest BCUT2D eigenvalue weighted by atomic mass is 9.86. The van der Waals surface area contributed by atoms with Gasteiger partial charge in [-0.25, -0.2) is 9.78 Å². The molecule has 0 radical (unpaired) electrons. The van der Waals surface area contributed by atoms with Crippen LogP contribution in [0.25, 0.3) is 0 Å². The Hall–Kier alpha value is -1.60. The second-order valence-corrected chi connectivity index (χ2v) is 8.17. The monoisotopic (exact) mass is 378 g/mol. The molecule has 1 saturated heterocycles. The van der Waals surface area contributed by atoms with Gasteiger partial charge >= 0.3 is 6.03 Å². The van der Waals surface area contributed by atoms with Gasteiger partial charge in [0.25, 0.3) is 0 Å². The number of aliphatic hydroxyl groups excluding tert-OH is 1. The van der Waals surface area contributed by atoms with Gasteiger partial charge in [-0.15, -0.1) is 0 Å². The van der Waals surface area contributed by atoms with Gasteiger partial charge in [-0.05, 0) is 58.5 Å². The quantitative estimate of drug-likeness (QED) is 0.707. The molecule has 0 bridgehead atoms. The van der Waals surface area contributed by atoms with E-state index in [1.165, 1.54) is 0 Å². The van der Waals surface area contributed by atoms with Crippen LogP contribution in [0.1, 0.15) is 55.9 Å². The maximum atomic E-state index is 12.0. The zero-order chi connectivity index (χ0) is 19.2. The van der Waals surface area contributed by atoms with E-state index in [9.17, 15) is 9.90 Å². The molecule has 1 aromatic rings. The number of urea groups is 1. The summed E-state index contributed by atoms with van der Waals surface area (Å²) >= 11 is 0. The fourth-order valence-electron chi connectivity index (χ4n) is 4.10. The van der Waals surface area contributed by atoms with Gasteiger partial charge in [0.2, 0.25) is 5.89 Å². The number of aliphatic hydroxyl groups is 1. The molecule has 2 heterocycles. The molecule has 27 heavy (non-hydrogen) atoms. The largest absolute Gasteiger partial charge is 0.444 e. The van der Waals surface area contributed by atoms with Crippen molar-refractivity contribution >= 4 is 6.03 Å². The van der Waals surface area contributed by atoms with E-state index in [1.54, 1.807) is 0 Å². The van der Waals surface area contributed by atoms with E-state index in [0.717, 1.165) is 75.5 Å². The number of carbonyl (C=O) groups excluding carboxylic acids is 1. The van der Waals surface area contributed by atoms with Gasteiger partial charge < -0.3 is 20.2 Å². The van der Waals surface area contributed by atoms with Gasteiger partial charge in [0.15, 0.2) is 0 Å². The summed E-state index contributed by atoms with van der Waals surface area (Å²) in [5.74, 6) is 2.41. The van der Waals surface area contributed by atoms with Crippen molar-refractivity contribution in [2.75, 3.05) is 26.2 Å². The number of hydrogen-bond donors (Lipinski definition) is 3. The normalized spacial score (nSPS) is 24.7. The Morgan fingerprint density at radius 1 is 1.15 bits per heavy atom. The van der Waals surface area contributed by atoms with Crippen molar-refractivity contribution in [2.45, 2.75) is 65.0 Å². The highest BCUT2D eigenvalue weighted by Gasteiger charge is 2.24. The smallest absolute Gasteiger partial charge is 0.314 e. The molecule has 7 heteroatoms. The van der Waals surface area contributed by atoms with E-state index in [0.29, 0.717) is 19.0 Å². The van der Waals surface area contributed by atoms with Crippen LogP contribution < -0.4 is 10.6 Å². The molecule has 2 unspecified atom stereocenters. The van der Waals surface area contributed by atoms with E-state index in [4.69, 9.17) is 4.42 Å². The Morgan fingerprint density at radius 2 is 1.85 bits per heavy atom. The van der Waals surface area contributed by atoms with E-state index in [2.05, 4.69) is 20.5 Å². The summed E-state index contributed by atoms with van der Waals surface area (Å²) in [6, 6.07) is -0.110.